The van der Waals surface area contributed by atoms with E-state index in [9.17, 15) is 9.90 Å². The van der Waals surface area contributed by atoms with Gasteiger partial charge in [-0.05, 0) is 44.2 Å². The van der Waals surface area contributed by atoms with E-state index in [-0.39, 0.29) is 12.5 Å². The second-order valence-electron chi connectivity index (χ2n) is 10.0. The van der Waals surface area contributed by atoms with Crippen molar-refractivity contribution in [3.63, 3.8) is 0 Å². The van der Waals surface area contributed by atoms with Crippen molar-refractivity contribution in [2.75, 3.05) is 42.3 Å². The van der Waals surface area contributed by atoms with Crippen LogP contribution in [0.5, 0.6) is 0 Å². The molecule has 3 N–H and O–H groups in total. The molecule has 6 rings (SSSR count). The molecule has 1 amide bonds. The largest absolute Gasteiger partial charge is 0.392 e. The molecule has 3 unspecified atom stereocenters. The molecule has 3 aliphatic heterocycles. The summed E-state index contributed by atoms with van der Waals surface area (Å²) in [5, 5.41) is 17.0. The topological polar surface area (TPSA) is 96.9 Å². The first kappa shape index (κ1) is 24.0. The number of aromatic nitrogens is 2. The minimum absolute atomic E-state index is 0.0556. The average Bonchev–Trinajstić information content (AvgIpc) is 3.10. The van der Waals surface area contributed by atoms with Crippen LogP contribution in [0, 0.1) is 0 Å². The molecule has 1 aromatic heterocycles. The van der Waals surface area contributed by atoms with Gasteiger partial charge in [-0.3, -0.25) is 9.69 Å². The van der Waals surface area contributed by atoms with E-state index >= 15 is 0 Å². The molecule has 3 aliphatic rings. The number of carbonyl (C=O) groups is 1. The molecule has 0 radical (unpaired) electrons. The zero-order valence-electron chi connectivity index (χ0n) is 20.9. The number of hydrogen-bond acceptors (Lipinski definition) is 8. The van der Waals surface area contributed by atoms with Gasteiger partial charge >= 0.3 is 0 Å². The third-order valence-electron chi connectivity index (χ3n) is 7.90. The first-order valence-electron chi connectivity index (χ1n) is 12.6. The Balaban J connectivity index is 1.25. The van der Waals surface area contributed by atoms with Crippen molar-refractivity contribution < 1.29 is 9.90 Å². The number of piperazine rings is 1. The third-order valence-corrected chi connectivity index (χ3v) is 8.24. The van der Waals surface area contributed by atoms with Crippen LogP contribution in [0.25, 0.3) is 0 Å². The van der Waals surface area contributed by atoms with Crippen LogP contribution in [0.15, 0.2) is 48.7 Å². The maximum Gasteiger partial charge on any atom is 0.258 e. The second kappa shape index (κ2) is 9.48. The lowest BCUT2D eigenvalue weighted by molar-refractivity contribution is 0.0927. The number of amides is 1. The minimum atomic E-state index is -0.449. The molecular formula is C27H30ClN7O2. The Hall–Kier alpha value is -3.40. The van der Waals surface area contributed by atoms with Crippen LogP contribution in [-0.2, 0) is 6.61 Å². The number of aliphatic hydroxyl groups is 1. The van der Waals surface area contributed by atoms with Crippen molar-refractivity contribution in [2.45, 2.75) is 37.7 Å². The van der Waals surface area contributed by atoms with Gasteiger partial charge in [-0.1, -0.05) is 29.8 Å². The summed E-state index contributed by atoms with van der Waals surface area (Å²) in [5.74, 6) is 0.628. The Labute approximate surface area is 221 Å². The van der Waals surface area contributed by atoms with Crippen LogP contribution in [0.4, 0.5) is 23.1 Å². The summed E-state index contributed by atoms with van der Waals surface area (Å²) in [5.41, 5.74) is 3.90. The van der Waals surface area contributed by atoms with Gasteiger partial charge in [-0.2, -0.15) is 4.98 Å². The van der Waals surface area contributed by atoms with Crippen LogP contribution >= 0.6 is 11.6 Å². The van der Waals surface area contributed by atoms with Gasteiger partial charge in [0.25, 0.3) is 5.91 Å². The van der Waals surface area contributed by atoms with Crippen LogP contribution in [0.1, 0.15) is 40.5 Å². The molecule has 0 aliphatic carbocycles. The van der Waals surface area contributed by atoms with Crippen molar-refractivity contribution in [1.29, 1.82) is 0 Å². The fourth-order valence-electron chi connectivity index (χ4n) is 5.80. The molecule has 192 valence electrons. The van der Waals surface area contributed by atoms with Crippen molar-refractivity contribution in [3.8, 4) is 0 Å². The van der Waals surface area contributed by atoms with E-state index < -0.39 is 6.17 Å². The number of nitrogens with one attached hydrogen (secondary N) is 2. The van der Waals surface area contributed by atoms with E-state index in [0.717, 1.165) is 35.6 Å². The second-order valence-corrected chi connectivity index (χ2v) is 10.4. The Morgan fingerprint density at radius 2 is 1.89 bits per heavy atom. The molecule has 0 saturated carbocycles. The van der Waals surface area contributed by atoms with Gasteiger partial charge in [0.15, 0.2) is 0 Å². The quantitative estimate of drug-likeness (QED) is 0.471. The fraction of sp³-hybridized carbons (Fsp3) is 0.370. The number of anilines is 4. The molecule has 9 nitrogen and oxygen atoms in total. The van der Waals surface area contributed by atoms with E-state index in [4.69, 9.17) is 11.6 Å². The Morgan fingerprint density at radius 3 is 2.62 bits per heavy atom. The monoisotopic (exact) mass is 519 g/mol. The molecule has 0 spiro atoms. The minimum Gasteiger partial charge on any atom is -0.392 e. The highest BCUT2D eigenvalue weighted by Crippen LogP contribution is 2.36. The zero-order valence-corrected chi connectivity index (χ0v) is 21.6. The number of likely N-dealkylation sites (N-methyl/N-ethyl adjacent to an activating group) is 1. The number of fused-ring (bicyclic) bond motifs is 3. The number of aliphatic hydroxyl groups excluding tert-OH is 1. The lowest BCUT2D eigenvalue weighted by Gasteiger charge is -2.40. The summed E-state index contributed by atoms with van der Waals surface area (Å²) < 4.78 is 0. The number of rotatable bonds is 5. The molecule has 2 bridgehead atoms. The molecule has 37 heavy (non-hydrogen) atoms. The summed E-state index contributed by atoms with van der Waals surface area (Å²) in [7, 11) is 4.08. The average molecular weight is 520 g/mol. The van der Waals surface area contributed by atoms with Gasteiger partial charge in [-0.15, -0.1) is 0 Å². The highest BCUT2D eigenvalue weighted by Gasteiger charge is 2.38. The fourth-order valence-corrected chi connectivity index (χ4v) is 6.04. The molecule has 10 heteroatoms. The summed E-state index contributed by atoms with van der Waals surface area (Å²) in [6, 6.07) is 14.6. The SMILES string of the molecule is CN1c2nc(Nc3ccc(N4CC5CCC(C4)N5C)c(CO)c3)ncc2C(=O)NC1c1ccccc1Cl. The number of benzene rings is 2. The lowest BCUT2D eigenvalue weighted by Crippen LogP contribution is -2.52. The van der Waals surface area contributed by atoms with Crippen LogP contribution in [0.2, 0.25) is 5.02 Å². The van der Waals surface area contributed by atoms with E-state index in [2.05, 4.69) is 43.5 Å². The van der Waals surface area contributed by atoms with Crippen LogP contribution in [0.3, 0.4) is 0 Å². The number of halogens is 1. The maximum atomic E-state index is 12.8. The van der Waals surface area contributed by atoms with Gasteiger partial charge in [0.2, 0.25) is 5.95 Å². The summed E-state index contributed by atoms with van der Waals surface area (Å²) in [4.78, 5) is 28.6. The van der Waals surface area contributed by atoms with Crippen molar-refractivity contribution in [1.82, 2.24) is 20.2 Å². The Morgan fingerprint density at radius 1 is 1.14 bits per heavy atom. The first-order valence-corrected chi connectivity index (χ1v) is 12.9. The van der Waals surface area contributed by atoms with E-state index in [0.29, 0.717) is 34.4 Å². The van der Waals surface area contributed by atoms with Crippen molar-refractivity contribution in [2.24, 2.45) is 0 Å². The molecule has 2 aromatic carbocycles. The Bertz CT molecular complexity index is 1340. The predicted octanol–water partition coefficient (Wildman–Crippen LogP) is 3.53. The summed E-state index contributed by atoms with van der Waals surface area (Å²) >= 11 is 6.41. The predicted molar refractivity (Wildman–Crippen MR) is 145 cm³/mol. The molecule has 3 atom stereocenters. The highest BCUT2D eigenvalue weighted by atomic mass is 35.5. The van der Waals surface area contributed by atoms with Crippen molar-refractivity contribution >= 4 is 40.6 Å². The van der Waals surface area contributed by atoms with Crippen molar-refractivity contribution in [3.05, 3.63) is 70.4 Å². The van der Waals surface area contributed by atoms with Gasteiger partial charge in [0.05, 0.1) is 6.61 Å². The molecule has 3 aromatic rings. The summed E-state index contributed by atoms with van der Waals surface area (Å²) in [6.07, 6.45) is 3.53. The van der Waals surface area contributed by atoms with Gasteiger partial charge in [-0.25, -0.2) is 4.98 Å². The third kappa shape index (κ3) is 4.27. The van der Waals surface area contributed by atoms with E-state index in [1.807, 2.05) is 42.3 Å². The number of hydrogen-bond donors (Lipinski definition) is 3. The molecular weight excluding hydrogens is 490 g/mol. The van der Waals surface area contributed by atoms with Gasteiger partial charge in [0.1, 0.15) is 17.5 Å². The first-order chi connectivity index (χ1) is 17.9. The molecule has 2 fully saturated rings. The standard InChI is InChI=1S/C27H30ClN7O2/c1-33-18-8-9-19(33)14-35(13-18)23-10-7-17(11-16(23)15-36)30-27-29-12-21-25(32-27)34(2)24(31-26(21)37)20-5-3-4-6-22(20)28/h3-7,10-12,18-19,24,36H,8-9,13-15H2,1-2H3,(H,31,37)(H,29,30,32). The lowest BCUT2D eigenvalue weighted by atomic mass is 10.1. The molecule has 2 saturated heterocycles. The van der Waals surface area contributed by atoms with E-state index in [1.165, 1.54) is 19.0 Å². The smallest absolute Gasteiger partial charge is 0.258 e. The highest BCUT2D eigenvalue weighted by molar-refractivity contribution is 6.31. The Kier molecular flexibility index (Phi) is 6.14. The van der Waals surface area contributed by atoms with E-state index in [1.54, 1.807) is 6.07 Å². The maximum absolute atomic E-state index is 12.8. The number of nitrogens with zero attached hydrogens (tertiary/aromatic N) is 5. The zero-order chi connectivity index (χ0) is 25.7. The molecule has 4 heterocycles. The van der Waals surface area contributed by atoms with Gasteiger partial charge in [0, 0.05) is 65.9 Å². The van der Waals surface area contributed by atoms with Crippen LogP contribution < -0.4 is 20.4 Å². The normalized spacial score (nSPS) is 23.1. The van der Waals surface area contributed by atoms with Crippen LogP contribution in [-0.4, -0.2) is 65.2 Å². The number of carbonyl (C=O) groups excluding carboxylic acids is 1. The van der Waals surface area contributed by atoms with Gasteiger partial charge < -0.3 is 25.5 Å². The summed E-state index contributed by atoms with van der Waals surface area (Å²) in [6.45, 7) is 1.89.